The second-order valence-corrected chi connectivity index (χ2v) is 10.8. The van der Waals surface area contributed by atoms with Gasteiger partial charge in [0.25, 0.3) is 0 Å². The molecule has 0 aromatic rings. The summed E-state index contributed by atoms with van der Waals surface area (Å²) < 4.78 is 0. The minimum absolute atomic E-state index is 0.334. The third kappa shape index (κ3) is 4.59. The summed E-state index contributed by atoms with van der Waals surface area (Å²) in [6.07, 6.45) is 3.96. The molecule has 0 bridgehead atoms. The summed E-state index contributed by atoms with van der Waals surface area (Å²) in [6.45, 7) is 32.2. The zero-order valence-electron chi connectivity index (χ0n) is 19.5. The molecule has 4 unspecified atom stereocenters. The standard InChI is InChI=1S/C24H50/c1-14-23(12,19(6)7)21(9)24(13,16-15-17(2)3)22(10,11)20(8)18(4)5/h17-21H,14-16H2,1-13H3. The van der Waals surface area contributed by atoms with Gasteiger partial charge in [-0.05, 0) is 52.3 Å². The molecule has 0 rings (SSSR count). The lowest BCUT2D eigenvalue weighted by atomic mass is 9.46. The van der Waals surface area contributed by atoms with Gasteiger partial charge < -0.3 is 0 Å². The molecule has 0 aromatic heterocycles. The van der Waals surface area contributed by atoms with E-state index in [9.17, 15) is 0 Å². The fourth-order valence-corrected chi connectivity index (χ4v) is 4.98. The van der Waals surface area contributed by atoms with E-state index in [1.54, 1.807) is 0 Å². The average Bonchev–Trinajstić information content (AvgIpc) is 2.49. The maximum Gasteiger partial charge on any atom is -0.0241 e. The number of rotatable bonds is 10. The van der Waals surface area contributed by atoms with Gasteiger partial charge in [0, 0.05) is 0 Å². The molecular weight excluding hydrogens is 288 g/mol. The molecule has 0 aliphatic carbocycles. The lowest BCUT2D eigenvalue weighted by Gasteiger charge is -2.58. The summed E-state index contributed by atoms with van der Waals surface area (Å²) in [6, 6.07) is 0. The molecule has 0 amide bonds. The van der Waals surface area contributed by atoms with Crippen LogP contribution in [0, 0.1) is 45.8 Å². The molecule has 24 heavy (non-hydrogen) atoms. The molecule has 0 fully saturated rings. The summed E-state index contributed by atoms with van der Waals surface area (Å²) in [5.41, 5.74) is 1.09. The second-order valence-electron chi connectivity index (χ2n) is 10.8. The van der Waals surface area contributed by atoms with Gasteiger partial charge in [-0.2, -0.15) is 0 Å². The van der Waals surface area contributed by atoms with E-state index in [-0.39, 0.29) is 0 Å². The Morgan fingerprint density at radius 1 is 0.750 bits per heavy atom. The highest BCUT2D eigenvalue weighted by molar-refractivity contribution is 5.01. The van der Waals surface area contributed by atoms with Crippen LogP contribution in [0.4, 0.5) is 0 Å². The van der Waals surface area contributed by atoms with Crippen molar-refractivity contribution in [3.63, 3.8) is 0 Å². The third-order valence-corrected chi connectivity index (χ3v) is 8.88. The first-order chi connectivity index (χ1) is 10.7. The van der Waals surface area contributed by atoms with Gasteiger partial charge in [-0.25, -0.2) is 0 Å². The van der Waals surface area contributed by atoms with Crippen LogP contribution in [0.1, 0.15) is 109 Å². The third-order valence-electron chi connectivity index (χ3n) is 8.88. The molecule has 0 radical (unpaired) electrons. The fraction of sp³-hybridized carbons (Fsp3) is 1.00. The van der Waals surface area contributed by atoms with Crippen molar-refractivity contribution in [2.75, 3.05) is 0 Å². The van der Waals surface area contributed by atoms with E-state index in [2.05, 4.69) is 90.0 Å². The van der Waals surface area contributed by atoms with Crippen LogP contribution in [-0.2, 0) is 0 Å². The van der Waals surface area contributed by atoms with Gasteiger partial charge in [-0.1, -0.05) is 103 Å². The zero-order valence-corrected chi connectivity index (χ0v) is 19.5. The van der Waals surface area contributed by atoms with Crippen molar-refractivity contribution in [2.45, 2.75) is 109 Å². The highest BCUT2D eigenvalue weighted by Crippen LogP contribution is 2.60. The minimum atomic E-state index is 0.334. The van der Waals surface area contributed by atoms with Crippen molar-refractivity contribution >= 4 is 0 Å². The Balaban J connectivity index is 6.06. The van der Waals surface area contributed by atoms with Crippen LogP contribution in [0.2, 0.25) is 0 Å². The molecular formula is C24H50. The van der Waals surface area contributed by atoms with Crippen LogP contribution >= 0.6 is 0 Å². The molecule has 0 aliphatic rings. The van der Waals surface area contributed by atoms with Crippen LogP contribution in [0.15, 0.2) is 0 Å². The Labute approximate surface area is 155 Å². The molecule has 0 aromatic carbocycles. The topological polar surface area (TPSA) is 0 Å². The van der Waals surface area contributed by atoms with Gasteiger partial charge in [0.15, 0.2) is 0 Å². The number of hydrogen-bond donors (Lipinski definition) is 0. The van der Waals surface area contributed by atoms with Crippen LogP contribution in [0.5, 0.6) is 0 Å². The van der Waals surface area contributed by atoms with Crippen LogP contribution in [-0.4, -0.2) is 0 Å². The smallest absolute Gasteiger partial charge is 0.0241 e. The predicted octanol–water partition coefficient (Wildman–Crippen LogP) is 8.46. The van der Waals surface area contributed by atoms with Crippen LogP contribution in [0.3, 0.4) is 0 Å². The average molecular weight is 339 g/mol. The molecule has 0 saturated heterocycles. The molecule has 0 N–H and O–H groups in total. The van der Waals surface area contributed by atoms with E-state index in [0.717, 1.165) is 23.7 Å². The van der Waals surface area contributed by atoms with Gasteiger partial charge in [0.2, 0.25) is 0 Å². The molecule has 0 heteroatoms. The van der Waals surface area contributed by atoms with Crippen molar-refractivity contribution in [1.29, 1.82) is 0 Å². The maximum absolute atomic E-state index is 2.62. The monoisotopic (exact) mass is 338 g/mol. The molecule has 0 saturated carbocycles. The Kier molecular flexibility index (Phi) is 8.59. The normalized spacial score (nSPS) is 21.0. The quantitative estimate of drug-likeness (QED) is 0.375. The second kappa shape index (κ2) is 8.59. The first-order valence-electron chi connectivity index (χ1n) is 10.7. The SMILES string of the molecule is CCC(C)(C(C)C)C(C)C(C)(CCC(C)C)C(C)(C)C(C)C(C)C. The van der Waals surface area contributed by atoms with Crippen molar-refractivity contribution in [2.24, 2.45) is 45.8 Å². The highest BCUT2D eigenvalue weighted by atomic mass is 14.6. The molecule has 4 atom stereocenters. The van der Waals surface area contributed by atoms with E-state index in [4.69, 9.17) is 0 Å². The van der Waals surface area contributed by atoms with Crippen molar-refractivity contribution in [1.82, 2.24) is 0 Å². The molecule has 0 aliphatic heterocycles. The summed E-state index contributed by atoms with van der Waals surface area (Å²) in [7, 11) is 0. The van der Waals surface area contributed by atoms with Crippen molar-refractivity contribution in [3.05, 3.63) is 0 Å². The summed E-state index contributed by atoms with van der Waals surface area (Å²) in [5.74, 6) is 3.68. The molecule has 0 nitrogen and oxygen atoms in total. The summed E-state index contributed by atoms with van der Waals surface area (Å²) in [5, 5.41) is 0. The van der Waals surface area contributed by atoms with Crippen LogP contribution < -0.4 is 0 Å². The van der Waals surface area contributed by atoms with Gasteiger partial charge in [-0.15, -0.1) is 0 Å². The largest absolute Gasteiger partial charge is 0.0648 e. The summed E-state index contributed by atoms with van der Waals surface area (Å²) >= 11 is 0. The number of hydrogen-bond acceptors (Lipinski definition) is 0. The van der Waals surface area contributed by atoms with E-state index in [0.29, 0.717) is 22.2 Å². The Bertz CT molecular complexity index is 362. The van der Waals surface area contributed by atoms with Crippen molar-refractivity contribution < 1.29 is 0 Å². The Morgan fingerprint density at radius 2 is 1.21 bits per heavy atom. The lowest BCUT2D eigenvalue weighted by Crippen LogP contribution is -2.51. The van der Waals surface area contributed by atoms with Gasteiger partial charge in [-0.3, -0.25) is 0 Å². The van der Waals surface area contributed by atoms with E-state index >= 15 is 0 Å². The Morgan fingerprint density at radius 3 is 1.50 bits per heavy atom. The first-order valence-corrected chi connectivity index (χ1v) is 10.7. The molecule has 0 heterocycles. The minimum Gasteiger partial charge on any atom is -0.0648 e. The van der Waals surface area contributed by atoms with Crippen molar-refractivity contribution in [3.8, 4) is 0 Å². The first kappa shape index (κ1) is 24.0. The van der Waals surface area contributed by atoms with Gasteiger partial charge in [0.05, 0.1) is 0 Å². The highest BCUT2D eigenvalue weighted by Gasteiger charge is 2.53. The Hall–Kier alpha value is 0. The molecule has 146 valence electrons. The predicted molar refractivity (Wildman–Crippen MR) is 112 cm³/mol. The van der Waals surface area contributed by atoms with Crippen LogP contribution in [0.25, 0.3) is 0 Å². The van der Waals surface area contributed by atoms with E-state index in [1.165, 1.54) is 19.3 Å². The summed E-state index contributed by atoms with van der Waals surface area (Å²) in [4.78, 5) is 0. The van der Waals surface area contributed by atoms with Gasteiger partial charge >= 0.3 is 0 Å². The molecule has 0 spiro atoms. The lowest BCUT2D eigenvalue weighted by molar-refractivity contribution is -0.0980. The van der Waals surface area contributed by atoms with E-state index < -0.39 is 0 Å². The fourth-order valence-electron chi connectivity index (χ4n) is 4.98. The van der Waals surface area contributed by atoms with E-state index in [1.807, 2.05) is 0 Å². The van der Waals surface area contributed by atoms with Gasteiger partial charge in [0.1, 0.15) is 0 Å². The zero-order chi connectivity index (χ0) is 19.5. The maximum atomic E-state index is 2.62.